The second-order valence-corrected chi connectivity index (χ2v) is 7.05. The number of ether oxygens (including phenoxy) is 2. The average Bonchev–Trinajstić information content (AvgIpc) is 2.74. The molecule has 0 radical (unpaired) electrons. The number of pyridine rings is 1. The Labute approximate surface area is 171 Å². The van der Waals surface area contributed by atoms with Crippen molar-refractivity contribution in [1.82, 2.24) is 9.88 Å². The Balaban J connectivity index is 1.78. The van der Waals surface area contributed by atoms with Crippen LogP contribution in [0.15, 0.2) is 73.1 Å². The predicted molar refractivity (Wildman–Crippen MR) is 114 cm³/mol. The number of carbonyl (C=O) groups is 1. The molecule has 0 N–H and O–H groups in total. The predicted octanol–water partition coefficient (Wildman–Crippen LogP) is 4.03. The largest absolute Gasteiger partial charge is 0.492 e. The first-order chi connectivity index (χ1) is 14.1. The van der Waals surface area contributed by atoms with Crippen molar-refractivity contribution in [2.45, 2.75) is 13.0 Å². The van der Waals surface area contributed by atoms with Gasteiger partial charge < -0.3 is 14.4 Å². The van der Waals surface area contributed by atoms with Crippen LogP contribution in [0.1, 0.15) is 21.5 Å². The number of ketones is 1. The van der Waals surface area contributed by atoms with Gasteiger partial charge in [-0.25, -0.2) is 0 Å². The molecule has 0 unspecified atom stereocenters. The molecule has 5 nitrogen and oxygen atoms in total. The fourth-order valence-corrected chi connectivity index (χ4v) is 2.81. The van der Waals surface area contributed by atoms with Gasteiger partial charge in [-0.05, 0) is 49.5 Å². The molecule has 0 bridgehead atoms. The second-order valence-electron chi connectivity index (χ2n) is 7.05. The van der Waals surface area contributed by atoms with E-state index in [4.69, 9.17) is 9.47 Å². The van der Waals surface area contributed by atoms with Gasteiger partial charge in [-0.2, -0.15) is 0 Å². The van der Waals surface area contributed by atoms with Gasteiger partial charge in [0, 0.05) is 25.4 Å². The molecule has 3 aromatic rings. The number of benzene rings is 2. The van der Waals surface area contributed by atoms with Gasteiger partial charge in [-0.3, -0.25) is 9.78 Å². The van der Waals surface area contributed by atoms with Crippen molar-refractivity contribution >= 4 is 5.78 Å². The number of carbonyl (C=O) groups excluding carboxylic acids is 1. The number of likely N-dealkylation sites (N-methyl/N-ethyl adjacent to an activating group) is 1. The summed E-state index contributed by atoms with van der Waals surface area (Å²) in [4.78, 5) is 19.1. The highest BCUT2D eigenvalue weighted by molar-refractivity contribution is 6.00. The number of hydrogen-bond donors (Lipinski definition) is 0. The lowest BCUT2D eigenvalue weighted by atomic mass is 10.0. The minimum absolute atomic E-state index is 0.0286. The molecule has 3 rings (SSSR count). The van der Waals surface area contributed by atoms with Crippen molar-refractivity contribution in [1.29, 1.82) is 0 Å². The van der Waals surface area contributed by atoms with Crippen LogP contribution in [-0.2, 0) is 13.0 Å². The molecule has 150 valence electrons. The molecule has 1 heterocycles. The highest BCUT2D eigenvalue weighted by Crippen LogP contribution is 2.27. The minimum Gasteiger partial charge on any atom is -0.492 e. The first kappa shape index (κ1) is 20.6. The van der Waals surface area contributed by atoms with E-state index in [1.165, 1.54) is 0 Å². The SMILES string of the molecule is CN(C)CCOc1ccc(OCc2ccccc2)c(C(=O)Cc2cccnc2)c1. The van der Waals surface area contributed by atoms with Gasteiger partial charge in [0.1, 0.15) is 24.7 Å². The van der Waals surface area contributed by atoms with E-state index in [1.54, 1.807) is 18.5 Å². The first-order valence-electron chi connectivity index (χ1n) is 9.62. The molecular formula is C24H26N2O3. The molecule has 1 aromatic heterocycles. The van der Waals surface area contributed by atoms with E-state index in [0.717, 1.165) is 17.7 Å². The van der Waals surface area contributed by atoms with Crippen LogP contribution in [-0.4, -0.2) is 42.9 Å². The molecule has 0 aliphatic rings. The minimum atomic E-state index is -0.0286. The molecule has 5 heteroatoms. The molecule has 0 fully saturated rings. The molecule has 0 spiro atoms. The van der Waals surface area contributed by atoms with Crippen LogP contribution < -0.4 is 9.47 Å². The molecule has 0 atom stereocenters. The summed E-state index contributed by atoms with van der Waals surface area (Å²) in [5, 5.41) is 0. The summed E-state index contributed by atoms with van der Waals surface area (Å²) >= 11 is 0. The third kappa shape index (κ3) is 6.43. The van der Waals surface area contributed by atoms with Crippen molar-refractivity contribution in [2.75, 3.05) is 27.2 Å². The molecule has 0 saturated heterocycles. The third-order valence-corrected chi connectivity index (χ3v) is 4.38. The van der Waals surface area contributed by atoms with Crippen LogP contribution in [0.5, 0.6) is 11.5 Å². The lowest BCUT2D eigenvalue weighted by Gasteiger charge is -2.15. The van der Waals surface area contributed by atoms with E-state index < -0.39 is 0 Å². The van der Waals surface area contributed by atoms with Crippen LogP contribution in [0.3, 0.4) is 0 Å². The summed E-state index contributed by atoms with van der Waals surface area (Å²) in [5.41, 5.74) is 2.43. The lowest BCUT2D eigenvalue weighted by molar-refractivity contribution is 0.0988. The van der Waals surface area contributed by atoms with E-state index in [-0.39, 0.29) is 12.2 Å². The van der Waals surface area contributed by atoms with Crippen molar-refractivity contribution in [3.63, 3.8) is 0 Å². The summed E-state index contributed by atoms with van der Waals surface area (Å²) in [6.45, 7) is 1.74. The van der Waals surface area contributed by atoms with Gasteiger partial charge in [0.05, 0.1) is 5.56 Å². The third-order valence-electron chi connectivity index (χ3n) is 4.38. The Morgan fingerprint density at radius 1 is 0.966 bits per heavy atom. The van der Waals surface area contributed by atoms with Gasteiger partial charge in [-0.15, -0.1) is 0 Å². The van der Waals surface area contributed by atoms with Gasteiger partial charge in [0.2, 0.25) is 0 Å². The second kappa shape index (κ2) is 10.4. The van der Waals surface area contributed by atoms with Gasteiger partial charge in [0.25, 0.3) is 0 Å². The highest BCUT2D eigenvalue weighted by atomic mass is 16.5. The van der Waals surface area contributed by atoms with Crippen LogP contribution in [0.25, 0.3) is 0 Å². The molecular weight excluding hydrogens is 364 g/mol. The highest BCUT2D eigenvalue weighted by Gasteiger charge is 2.15. The van der Waals surface area contributed by atoms with E-state index in [9.17, 15) is 4.79 Å². The molecule has 2 aromatic carbocycles. The molecule has 0 aliphatic heterocycles. The number of nitrogens with zero attached hydrogens (tertiary/aromatic N) is 2. The summed E-state index contributed by atoms with van der Waals surface area (Å²) in [6.07, 6.45) is 3.66. The first-order valence-corrected chi connectivity index (χ1v) is 9.62. The van der Waals surface area contributed by atoms with Crippen molar-refractivity contribution in [3.8, 4) is 11.5 Å². The van der Waals surface area contributed by atoms with E-state index in [2.05, 4.69) is 4.98 Å². The Morgan fingerprint density at radius 2 is 1.76 bits per heavy atom. The summed E-state index contributed by atoms with van der Waals surface area (Å²) in [7, 11) is 3.99. The average molecular weight is 390 g/mol. The van der Waals surface area contributed by atoms with Crippen LogP contribution in [0.4, 0.5) is 0 Å². The smallest absolute Gasteiger partial charge is 0.171 e. The molecule has 0 aliphatic carbocycles. The van der Waals surface area contributed by atoms with Crippen molar-refractivity contribution < 1.29 is 14.3 Å². The fourth-order valence-electron chi connectivity index (χ4n) is 2.81. The lowest BCUT2D eigenvalue weighted by Crippen LogP contribution is -2.19. The zero-order valence-corrected chi connectivity index (χ0v) is 16.9. The Hall–Kier alpha value is -3.18. The summed E-state index contributed by atoms with van der Waals surface area (Å²) in [5.74, 6) is 1.19. The monoisotopic (exact) mass is 390 g/mol. The van der Waals surface area contributed by atoms with E-state index >= 15 is 0 Å². The van der Waals surface area contributed by atoms with Gasteiger partial charge >= 0.3 is 0 Å². The standard InChI is InChI=1S/C24H26N2O3/c1-26(2)13-14-28-21-10-11-24(29-18-19-7-4-3-5-8-19)22(16-21)23(27)15-20-9-6-12-25-17-20/h3-12,16-17H,13-15,18H2,1-2H3. The van der Waals surface area contributed by atoms with E-state index in [1.807, 2.05) is 73.6 Å². The Bertz CT molecular complexity index is 912. The Morgan fingerprint density at radius 3 is 2.48 bits per heavy atom. The van der Waals surface area contributed by atoms with Crippen molar-refractivity contribution in [2.24, 2.45) is 0 Å². The fraction of sp³-hybridized carbons (Fsp3) is 0.250. The number of aromatic nitrogens is 1. The maximum atomic E-state index is 13.0. The zero-order chi connectivity index (χ0) is 20.5. The Kier molecular flexibility index (Phi) is 7.36. The van der Waals surface area contributed by atoms with Gasteiger partial charge in [0.15, 0.2) is 5.78 Å². The molecule has 0 amide bonds. The number of hydrogen-bond acceptors (Lipinski definition) is 5. The molecule has 29 heavy (non-hydrogen) atoms. The number of rotatable bonds is 10. The zero-order valence-electron chi connectivity index (χ0n) is 16.9. The number of Topliss-reactive ketones (excluding diaryl/α,β-unsaturated/α-hetero) is 1. The van der Waals surface area contributed by atoms with Crippen LogP contribution in [0, 0.1) is 0 Å². The molecule has 0 saturated carbocycles. The van der Waals surface area contributed by atoms with Gasteiger partial charge in [-0.1, -0.05) is 36.4 Å². The maximum Gasteiger partial charge on any atom is 0.171 e. The summed E-state index contributed by atoms with van der Waals surface area (Å²) in [6, 6.07) is 19.0. The van der Waals surface area contributed by atoms with Crippen LogP contribution in [0.2, 0.25) is 0 Å². The maximum absolute atomic E-state index is 13.0. The van der Waals surface area contributed by atoms with Crippen molar-refractivity contribution in [3.05, 3.63) is 89.7 Å². The normalized spacial score (nSPS) is 10.7. The quantitative estimate of drug-likeness (QED) is 0.489. The van der Waals surface area contributed by atoms with Crippen LogP contribution >= 0.6 is 0 Å². The van der Waals surface area contributed by atoms with E-state index in [0.29, 0.717) is 30.3 Å². The summed E-state index contributed by atoms with van der Waals surface area (Å²) < 4.78 is 11.8. The topological polar surface area (TPSA) is 51.7 Å².